The van der Waals surface area contributed by atoms with Gasteiger partial charge in [0.2, 0.25) is 0 Å². The van der Waals surface area contributed by atoms with Crippen molar-refractivity contribution in [3.63, 3.8) is 0 Å². The van der Waals surface area contributed by atoms with Crippen molar-refractivity contribution in [2.45, 2.75) is 26.3 Å². The molecule has 2 rings (SSSR count). The topological polar surface area (TPSA) is 20.3 Å². The maximum Gasteiger partial charge on any atom is 0.138 e. The number of ketones is 1. The first kappa shape index (κ1) is 11.3. The largest absolute Gasteiger partial charge is 0.299 e. The van der Waals surface area contributed by atoms with Gasteiger partial charge in [-0.25, -0.2) is 0 Å². The number of hydrogen-bond acceptors (Lipinski definition) is 2. The fraction of sp³-hybridized carbons (Fsp3) is 0.500. The van der Waals surface area contributed by atoms with Gasteiger partial charge in [0.1, 0.15) is 5.78 Å². The normalized spacial score (nSPS) is 24.4. The highest BCUT2D eigenvalue weighted by Gasteiger charge is 2.26. The third kappa shape index (κ3) is 2.33. The van der Waals surface area contributed by atoms with E-state index in [4.69, 9.17) is 0 Å². The van der Waals surface area contributed by atoms with Crippen LogP contribution in [0.3, 0.4) is 0 Å². The molecule has 1 aliphatic rings. The highest BCUT2D eigenvalue weighted by atomic mass is 16.1. The van der Waals surface area contributed by atoms with E-state index in [1.807, 2.05) is 13.0 Å². The van der Waals surface area contributed by atoms with Gasteiger partial charge in [-0.3, -0.25) is 9.69 Å². The van der Waals surface area contributed by atoms with Crippen molar-refractivity contribution in [1.29, 1.82) is 0 Å². The van der Waals surface area contributed by atoms with Crippen LogP contribution < -0.4 is 0 Å². The average molecular weight is 217 g/mol. The zero-order valence-electron chi connectivity index (χ0n) is 10.0. The van der Waals surface area contributed by atoms with Gasteiger partial charge in [-0.2, -0.15) is 0 Å². The van der Waals surface area contributed by atoms with Gasteiger partial charge in [0.25, 0.3) is 0 Å². The monoisotopic (exact) mass is 217 g/mol. The average Bonchev–Trinajstić information content (AvgIpc) is 2.33. The molecule has 2 nitrogen and oxygen atoms in total. The van der Waals surface area contributed by atoms with E-state index >= 15 is 0 Å². The summed E-state index contributed by atoms with van der Waals surface area (Å²) in [5.74, 6) is 0.608. The van der Waals surface area contributed by atoms with Crippen molar-refractivity contribution in [2.24, 2.45) is 5.92 Å². The molecule has 0 N–H and O–H groups in total. The van der Waals surface area contributed by atoms with Crippen molar-refractivity contribution in [3.8, 4) is 0 Å². The van der Waals surface area contributed by atoms with Crippen LogP contribution in [0.1, 0.15) is 31.9 Å². The standard InChI is InChI=1S/C14H19NO/c1-11-10-15(9-8-14(11)16)12(2)13-6-4-3-5-7-13/h3-7,11-12H,8-10H2,1-2H3. The first-order chi connectivity index (χ1) is 7.68. The Kier molecular flexibility index (Phi) is 3.39. The van der Waals surface area contributed by atoms with E-state index in [2.05, 4.69) is 36.1 Å². The van der Waals surface area contributed by atoms with Gasteiger partial charge in [0, 0.05) is 31.5 Å². The number of benzene rings is 1. The molecule has 0 bridgehead atoms. The van der Waals surface area contributed by atoms with Crippen LogP contribution in [0.4, 0.5) is 0 Å². The summed E-state index contributed by atoms with van der Waals surface area (Å²) in [6.45, 7) is 6.05. The Morgan fingerprint density at radius 3 is 2.62 bits per heavy atom. The second-order valence-corrected chi connectivity index (χ2v) is 4.70. The molecule has 1 aromatic carbocycles. The van der Waals surface area contributed by atoms with E-state index in [-0.39, 0.29) is 5.92 Å². The molecule has 1 aromatic rings. The minimum atomic E-state index is 0.194. The fourth-order valence-corrected chi connectivity index (χ4v) is 2.34. The third-order valence-electron chi connectivity index (χ3n) is 3.53. The summed E-state index contributed by atoms with van der Waals surface area (Å²) in [5, 5.41) is 0. The number of Topliss-reactive ketones (excluding diaryl/α,β-unsaturated/α-hetero) is 1. The van der Waals surface area contributed by atoms with Crippen molar-refractivity contribution in [1.82, 2.24) is 4.90 Å². The van der Waals surface area contributed by atoms with Gasteiger partial charge in [0.05, 0.1) is 0 Å². The Hall–Kier alpha value is -1.15. The van der Waals surface area contributed by atoms with E-state index in [0.29, 0.717) is 18.2 Å². The maximum atomic E-state index is 11.5. The Morgan fingerprint density at radius 2 is 2.00 bits per heavy atom. The Morgan fingerprint density at radius 1 is 1.31 bits per heavy atom. The predicted molar refractivity (Wildman–Crippen MR) is 65.2 cm³/mol. The number of nitrogens with zero attached hydrogens (tertiary/aromatic N) is 1. The highest BCUT2D eigenvalue weighted by molar-refractivity contribution is 5.81. The minimum absolute atomic E-state index is 0.194. The van der Waals surface area contributed by atoms with Crippen molar-refractivity contribution >= 4 is 5.78 Å². The minimum Gasteiger partial charge on any atom is -0.299 e. The lowest BCUT2D eigenvalue weighted by Crippen LogP contribution is -2.40. The Labute approximate surface area is 97.3 Å². The zero-order valence-corrected chi connectivity index (χ0v) is 10.0. The molecule has 0 amide bonds. The van der Waals surface area contributed by atoms with Crippen LogP contribution in [-0.2, 0) is 4.79 Å². The maximum absolute atomic E-state index is 11.5. The van der Waals surface area contributed by atoms with E-state index in [1.54, 1.807) is 0 Å². The van der Waals surface area contributed by atoms with Crippen molar-refractivity contribution in [2.75, 3.05) is 13.1 Å². The second-order valence-electron chi connectivity index (χ2n) is 4.70. The summed E-state index contributed by atoms with van der Waals surface area (Å²) >= 11 is 0. The molecule has 1 fully saturated rings. The predicted octanol–water partition coefficient (Wildman–Crippen LogP) is 2.66. The zero-order chi connectivity index (χ0) is 11.5. The van der Waals surface area contributed by atoms with E-state index in [0.717, 1.165) is 13.1 Å². The summed E-state index contributed by atoms with van der Waals surface area (Å²) in [7, 11) is 0. The Balaban J connectivity index is 2.06. The molecule has 2 unspecified atom stereocenters. The van der Waals surface area contributed by atoms with Gasteiger partial charge in [-0.15, -0.1) is 0 Å². The van der Waals surface area contributed by atoms with Gasteiger partial charge < -0.3 is 0 Å². The smallest absolute Gasteiger partial charge is 0.138 e. The summed E-state index contributed by atoms with van der Waals surface area (Å²) in [6, 6.07) is 10.9. The number of carbonyl (C=O) groups excluding carboxylic acids is 1. The fourth-order valence-electron chi connectivity index (χ4n) is 2.34. The van der Waals surface area contributed by atoms with Crippen LogP contribution in [-0.4, -0.2) is 23.8 Å². The molecule has 0 radical (unpaired) electrons. The molecule has 1 aliphatic heterocycles. The first-order valence-corrected chi connectivity index (χ1v) is 6.00. The molecule has 0 aliphatic carbocycles. The van der Waals surface area contributed by atoms with Crippen molar-refractivity contribution < 1.29 is 4.79 Å². The number of carbonyl (C=O) groups is 1. The summed E-state index contributed by atoms with van der Waals surface area (Å²) < 4.78 is 0. The van der Waals surface area contributed by atoms with E-state index < -0.39 is 0 Å². The summed E-state index contributed by atoms with van der Waals surface area (Å²) in [5.41, 5.74) is 1.34. The quantitative estimate of drug-likeness (QED) is 0.759. The van der Waals surface area contributed by atoms with Crippen LogP contribution in [0.2, 0.25) is 0 Å². The summed E-state index contributed by atoms with van der Waals surface area (Å²) in [4.78, 5) is 13.9. The lowest BCUT2D eigenvalue weighted by molar-refractivity contribution is -0.126. The molecule has 1 heterocycles. The Bertz CT molecular complexity index is 360. The summed E-state index contributed by atoms with van der Waals surface area (Å²) in [6.07, 6.45) is 0.707. The van der Waals surface area contributed by atoms with Gasteiger partial charge in [0.15, 0.2) is 0 Å². The first-order valence-electron chi connectivity index (χ1n) is 6.00. The molecule has 2 heteroatoms. The molecule has 2 atom stereocenters. The van der Waals surface area contributed by atoms with Gasteiger partial charge >= 0.3 is 0 Å². The number of piperidine rings is 1. The lowest BCUT2D eigenvalue weighted by atomic mass is 9.96. The van der Waals surface area contributed by atoms with Crippen LogP contribution in [0.25, 0.3) is 0 Å². The van der Waals surface area contributed by atoms with Crippen LogP contribution in [0.5, 0.6) is 0 Å². The van der Waals surface area contributed by atoms with E-state index in [9.17, 15) is 4.79 Å². The molecule has 0 saturated carbocycles. The van der Waals surface area contributed by atoms with Gasteiger partial charge in [-0.05, 0) is 12.5 Å². The van der Waals surface area contributed by atoms with Crippen LogP contribution in [0.15, 0.2) is 30.3 Å². The highest BCUT2D eigenvalue weighted by Crippen LogP contribution is 2.24. The lowest BCUT2D eigenvalue weighted by Gasteiger charge is -2.35. The molecule has 0 spiro atoms. The van der Waals surface area contributed by atoms with Crippen molar-refractivity contribution in [3.05, 3.63) is 35.9 Å². The SMILES string of the molecule is CC1CN(C(C)c2ccccc2)CCC1=O. The molecule has 86 valence electrons. The number of likely N-dealkylation sites (tertiary alicyclic amines) is 1. The molecule has 0 aromatic heterocycles. The molecule has 16 heavy (non-hydrogen) atoms. The van der Waals surface area contributed by atoms with Crippen LogP contribution in [0, 0.1) is 5.92 Å². The van der Waals surface area contributed by atoms with E-state index in [1.165, 1.54) is 5.56 Å². The number of hydrogen-bond donors (Lipinski definition) is 0. The molecular weight excluding hydrogens is 198 g/mol. The van der Waals surface area contributed by atoms with Gasteiger partial charge in [-0.1, -0.05) is 37.3 Å². The third-order valence-corrected chi connectivity index (χ3v) is 3.53. The molecular formula is C14H19NO. The molecule has 1 saturated heterocycles. The van der Waals surface area contributed by atoms with Crippen LogP contribution >= 0.6 is 0 Å². The second kappa shape index (κ2) is 4.79. The number of rotatable bonds is 2.